The number of hydrogen-bond acceptors (Lipinski definition) is 7. The number of benzene rings is 1. The van der Waals surface area contributed by atoms with Crippen LogP contribution in [0.4, 0.5) is 5.95 Å². The van der Waals surface area contributed by atoms with Crippen molar-refractivity contribution in [3.8, 4) is 17.7 Å². The number of nitriles is 1. The summed E-state index contributed by atoms with van der Waals surface area (Å²) in [5.41, 5.74) is 8.36. The molecule has 0 amide bonds. The van der Waals surface area contributed by atoms with E-state index >= 15 is 0 Å². The Bertz CT molecular complexity index is 1060. The summed E-state index contributed by atoms with van der Waals surface area (Å²) in [6.07, 6.45) is 1.57. The van der Waals surface area contributed by atoms with Crippen molar-refractivity contribution in [1.29, 1.82) is 5.26 Å². The van der Waals surface area contributed by atoms with Gasteiger partial charge in [-0.3, -0.25) is 0 Å². The molecule has 0 aliphatic rings. The smallest absolute Gasteiger partial charge is 0.224 e. The van der Waals surface area contributed by atoms with Crippen molar-refractivity contribution in [2.75, 3.05) is 5.73 Å². The number of rotatable bonds is 4. The molecule has 2 N–H and O–H groups in total. The molecule has 25 heavy (non-hydrogen) atoms. The fourth-order valence-corrected chi connectivity index (χ4v) is 3.16. The van der Waals surface area contributed by atoms with Crippen molar-refractivity contribution < 1.29 is 4.42 Å². The fourth-order valence-electron chi connectivity index (χ4n) is 2.31. The summed E-state index contributed by atoms with van der Waals surface area (Å²) in [4.78, 5) is 8.81. The van der Waals surface area contributed by atoms with Crippen LogP contribution in [0.5, 0.6) is 0 Å². The Morgan fingerprint density at radius 2 is 2.04 bits per heavy atom. The highest BCUT2D eigenvalue weighted by Gasteiger charge is 2.12. The van der Waals surface area contributed by atoms with Crippen molar-refractivity contribution in [2.45, 2.75) is 10.8 Å². The maximum Gasteiger partial charge on any atom is 0.224 e. The largest absolute Gasteiger partial charge is 0.461 e. The highest BCUT2D eigenvalue weighted by atomic mass is 32.2. The first-order valence-corrected chi connectivity index (χ1v) is 8.40. The quantitative estimate of drug-likeness (QED) is 0.446. The summed E-state index contributed by atoms with van der Waals surface area (Å²) in [5.74, 6) is 2.03. The Morgan fingerprint density at radius 1 is 1.20 bits per heavy atom. The first-order valence-electron chi connectivity index (χ1n) is 7.42. The van der Waals surface area contributed by atoms with Gasteiger partial charge in [-0.15, -0.1) is 16.9 Å². The van der Waals surface area contributed by atoms with Crippen molar-refractivity contribution in [3.05, 3.63) is 59.9 Å². The second-order valence-corrected chi connectivity index (χ2v) is 6.23. The summed E-state index contributed by atoms with van der Waals surface area (Å²) >= 11 is 1.54. The van der Waals surface area contributed by atoms with Gasteiger partial charge in [-0.1, -0.05) is 12.1 Å². The van der Waals surface area contributed by atoms with E-state index in [9.17, 15) is 0 Å². The lowest BCUT2D eigenvalue weighted by atomic mass is 10.2. The summed E-state index contributed by atoms with van der Waals surface area (Å²) in [7, 11) is 0. The average Bonchev–Trinajstić information content (AvgIpc) is 3.30. The van der Waals surface area contributed by atoms with Gasteiger partial charge in [-0.05, 0) is 29.8 Å². The highest BCUT2D eigenvalue weighted by molar-refractivity contribution is 7.98. The third-order valence-corrected chi connectivity index (χ3v) is 4.52. The van der Waals surface area contributed by atoms with Crippen molar-refractivity contribution >= 4 is 23.4 Å². The second-order valence-electron chi connectivity index (χ2n) is 5.23. The van der Waals surface area contributed by atoms with Gasteiger partial charge in [0.05, 0.1) is 17.9 Å². The molecule has 0 spiro atoms. The van der Waals surface area contributed by atoms with E-state index in [0.29, 0.717) is 28.5 Å². The van der Waals surface area contributed by atoms with Gasteiger partial charge >= 0.3 is 0 Å². The van der Waals surface area contributed by atoms with Gasteiger partial charge in [0.2, 0.25) is 11.8 Å². The van der Waals surface area contributed by atoms with Gasteiger partial charge < -0.3 is 10.2 Å². The van der Waals surface area contributed by atoms with Gasteiger partial charge in [-0.2, -0.15) is 9.78 Å². The zero-order chi connectivity index (χ0) is 17.2. The molecule has 0 saturated heterocycles. The monoisotopic (exact) mass is 348 g/mol. The van der Waals surface area contributed by atoms with Crippen LogP contribution in [0, 0.1) is 11.3 Å². The number of nitrogens with two attached hydrogens (primary N) is 1. The second kappa shape index (κ2) is 6.30. The van der Waals surface area contributed by atoms with Crippen LogP contribution in [-0.2, 0) is 5.75 Å². The first kappa shape index (κ1) is 15.2. The minimum atomic E-state index is 0.269. The molecule has 0 saturated carbocycles. The molecule has 4 aromatic rings. The number of nitrogens with zero attached hydrogens (tertiary/aromatic N) is 5. The standard InChI is InChI=1S/C17H12N6OS/c18-9-11-3-5-12(6-4-11)10-25-15-8-14-20-16(13-2-1-7-24-13)22-23(14)17(19)21-15/h1-8H,10H2,(H2,19,21). The van der Waals surface area contributed by atoms with E-state index in [1.807, 2.05) is 18.2 Å². The molecular weight excluding hydrogens is 336 g/mol. The summed E-state index contributed by atoms with van der Waals surface area (Å²) in [6, 6.07) is 15.0. The van der Waals surface area contributed by atoms with Crippen LogP contribution >= 0.6 is 11.8 Å². The van der Waals surface area contributed by atoms with Crippen LogP contribution < -0.4 is 5.73 Å². The molecular formula is C17H12N6OS. The Morgan fingerprint density at radius 3 is 2.76 bits per heavy atom. The van der Waals surface area contributed by atoms with E-state index in [2.05, 4.69) is 21.1 Å². The molecule has 0 aliphatic heterocycles. The lowest BCUT2D eigenvalue weighted by Crippen LogP contribution is -2.02. The van der Waals surface area contributed by atoms with Crippen LogP contribution in [-0.4, -0.2) is 19.6 Å². The molecule has 1 aromatic carbocycles. The Labute approximate surface area is 147 Å². The molecule has 0 aliphatic carbocycles. The Balaban J connectivity index is 1.58. The van der Waals surface area contributed by atoms with E-state index in [4.69, 9.17) is 15.4 Å². The number of hydrogen-bond donors (Lipinski definition) is 1. The predicted molar refractivity (Wildman–Crippen MR) is 93.6 cm³/mol. The SMILES string of the molecule is N#Cc1ccc(CSc2cc3nc(-c4ccco4)nn3c(N)n2)cc1. The number of nitrogen functional groups attached to an aromatic ring is 1. The summed E-state index contributed by atoms with van der Waals surface area (Å²) in [6.45, 7) is 0. The minimum Gasteiger partial charge on any atom is -0.461 e. The lowest BCUT2D eigenvalue weighted by molar-refractivity contribution is 0.577. The zero-order valence-electron chi connectivity index (χ0n) is 13.0. The highest BCUT2D eigenvalue weighted by Crippen LogP contribution is 2.25. The molecule has 122 valence electrons. The number of aromatic nitrogens is 4. The number of fused-ring (bicyclic) bond motifs is 1. The van der Waals surface area contributed by atoms with Crippen molar-refractivity contribution in [3.63, 3.8) is 0 Å². The summed E-state index contributed by atoms with van der Waals surface area (Å²) in [5, 5.41) is 13.9. The van der Waals surface area contributed by atoms with Crippen LogP contribution in [0.2, 0.25) is 0 Å². The molecule has 0 unspecified atom stereocenters. The molecule has 0 radical (unpaired) electrons. The molecule has 3 aromatic heterocycles. The molecule has 7 nitrogen and oxygen atoms in total. The number of furan rings is 1. The maximum atomic E-state index is 8.84. The van der Waals surface area contributed by atoms with Crippen LogP contribution in [0.3, 0.4) is 0 Å². The molecule has 8 heteroatoms. The first-order chi connectivity index (χ1) is 12.2. The number of anilines is 1. The Kier molecular flexibility index (Phi) is 3.84. The van der Waals surface area contributed by atoms with Gasteiger partial charge in [0.25, 0.3) is 0 Å². The van der Waals surface area contributed by atoms with E-state index in [-0.39, 0.29) is 5.95 Å². The van der Waals surface area contributed by atoms with Gasteiger partial charge in [0.1, 0.15) is 5.03 Å². The topological polar surface area (TPSA) is 106 Å². The third kappa shape index (κ3) is 3.05. The van der Waals surface area contributed by atoms with Crippen molar-refractivity contribution in [2.24, 2.45) is 0 Å². The van der Waals surface area contributed by atoms with Crippen LogP contribution in [0.15, 0.2) is 58.2 Å². The van der Waals surface area contributed by atoms with Gasteiger partial charge in [0.15, 0.2) is 11.4 Å². The predicted octanol–water partition coefficient (Wildman–Crippen LogP) is 3.13. The van der Waals surface area contributed by atoms with Crippen LogP contribution in [0.25, 0.3) is 17.2 Å². The maximum absolute atomic E-state index is 8.84. The van der Waals surface area contributed by atoms with E-state index in [1.165, 1.54) is 4.52 Å². The molecule has 0 atom stereocenters. The molecule has 3 heterocycles. The Hall–Kier alpha value is -3.31. The molecule has 0 fully saturated rings. The lowest BCUT2D eigenvalue weighted by Gasteiger charge is -2.03. The normalized spacial score (nSPS) is 10.8. The van der Waals surface area contributed by atoms with E-state index in [1.54, 1.807) is 42.3 Å². The van der Waals surface area contributed by atoms with E-state index < -0.39 is 0 Å². The fraction of sp³-hybridized carbons (Fsp3) is 0.0588. The van der Waals surface area contributed by atoms with Crippen LogP contribution in [0.1, 0.15) is 11.1 Å². The van der Waals surface area contributed by atoms with Crippen molar-refractivity contribution in [1.82, 2.24) is 19.6 Å². The average molecular weight is 348 g/mol. The van der Waals surface area contributed by atoms with Gasteiger partial charge in [-0.25, -0.2) is 9.97 Å². The number of thioether (sulfide) groups is 1. The zero-order valence-corrected chi connectivity index (χ0v) is 13.8. The minimum absolute atomic E-state index is 0.269. The molecule has 0 bridgehead atoms. The van der Waals surface area contributed by atoms with E-state index in [0.717, 1.165) is 10.6 Å². The molecule has 4 rings (SSSR count). The summed E-state index contributed by atoms with van der Waals surface area (Å²) < 4.78 is 6.81. The third-order valence-electron chi connectivity index (χ3n) is 3.54. The van der Waals surface area contributed by atoms with Gasteiger partial charge in [0, 0.05) is 11.8 Å².